The van der Waals surface area contributed by atoms with E-state index in [1.807, 2.05) is 30.3 Å². The van der Waals surface area contributed by atoms with E-state index in [-0.39, 0.29) is 25.7 Å². The molecule has 1 aromatic rings. The molecule has 1 fully saturated rings. The first-order valence-electron chi connectivity index (χ1n) is 7.20. The van der Waals surface area contributed by atoms with E-state index in [2.05, 4.69) is 5.32 Å². The quantitative estimate of drug-likeness (QED) is 0.777. The van der Waals surface area contributed by atoms with E-state index < -0.39 is 31.0 Å². The van der Waals surface area contributed by atoms with Gasteiger partial charge in [0.05, 0.1) is 19.7 Å². The highest BCUT2D eigenvalue weighted by Gasteiger charge is 2.36. The minimum atomic E-state index is -3.18. The van der Waals surface area contributed by atoms with Crippen LogP contribution in [0.4, 0.5) is 8.78 Å². The van der Waals surface area contributed by atoms with Gasteiger partial charge in [-0.3, -0.25) is 9.59 Å². The number of nitrogens with two attached hydrogens (primary N) is 1. The maximum atomic E-state index is 13.1. The van der Waals surface area contributed by atoms with Gasteiger partial charge in [0.1, 0.15) is 12.6 Å². The molecule has 0 aliphatic carbocycles. The number of carbonyl (C=O) groups is 2. The second-order valence-electron chi connectivity index (χ2n) is 5.32. The highest BCUT2D eigenvalue weighted by molar-refractivity contribution is 5.89. The van der Waals surface area contributed by atoms with Crippen molar-refractivity contribution >= 4 is 11.8 Å². The van der Waals surface area contributed by atoms with E-state index >= 15 is 0 Å². The molecule has 2 rings (SSSR count). The molecule has 6 nitrogen and oxygen atoms in total. The molecule has 0 spiro atoms. The standard InChI is InChI=1S/C15H19F2N3O3/c16-15(17,9-18)10-19-14(22)12-7-23-8-13(21)20(12)6-11-4-2-1-3-5-11/h1-5,12H,6-10,18H2,(H,19,22)/t12-/m1/s1. The largest absolute Gasteiger partial charge is 0.369 e. The van der Waals surface area contributed by atoms with E-state index in [1.165, 1.54) is 4.90 Å². The Kier molecular flexibility index (Phi) is 5.62. The summed E-state index contributed by atoms with van der Waals surface area (Å²) in [6, 6.07) is 8.17. The van der Waals surface area contributed by atoms with Gasteiger partial charge in [-0.05, 0) is 5.56 Å². The molecule has 3 N–H and O–H groups in total. The summed E-state index contributed by atoms with van der Waals surface area (Å²) in [7, 11) is 0. The number of rotatable bonds is 6. The van der Waals surface area contributed by atoms with Crippen molar-refractivity contribution in [3.05, 3.63) is 35.9 Å². The minimum Gasteiger partial charge on any atom is -0.369 e. The lowest BCUT2D eigenvalue weighted by molar-refractivity contribution is -0.156. The number of amides is 2. The predicted molar refractivity (Wildman–Crippen MR) is 78.6 cm³/mol. The van der Waals surface area contributed by atoms with Crippen molar-refractivity contribution in [3.63, 3.8) is 0 Å². The highest BCUT2D eigenvalue weighted by Crippen LogP contribution is 2.15. The van der Waals surface area contributed by atoms with Gasteiger partial charge in [0, 0.05) is 6.54 Å². The van der Waals surface area contributed by atoms with Gasteiger partial charge in [0.15, 0.2) is 0 Å². The Bertz CT molecular complexity index is 554. The maximum absolute atomic E-state index is 13.1. The number of nitrogens with one attached hydrogen (secondary N) is 1. The topological polar surface area (TPSA) is 84.7 Å². The van der Waals surface area contributed by atoms with Crippen LogP contribution in [0.3, 0.4) is 0 Å². The van der Waals surface area contributed by atoms with Gasteiger partial charge in [-0.1, -0.05) is 30.3 Å². The van der Waals surface area contributed by atoms with Crippen molar-refractivity contribution in [1.82, 2.24) is 10.2 Å². The second kappa shape index (κ2) is 7.47. The fraction of sp³-hybridized carbons (Fsp3) is 0.467. The number of nitrogens with zero attached hydrogens (tertiary/aromatic N) is 1. The highest BCUT2D eigenvalue weighted by atomic mass is 19.3. The molecule has 0 aromatic heterocycles. The summed E-state index contributed by atoms with van der Waals surface area (Å²) in [5, 5.41) is 2.14. The van der Waals surface area contributed by atoms with Gasteiger partial charge in [-0.15, -0.1) is 0 Å². The summed E-state index contributed by atoms with van der Waals surface area (Å²) in [4.78, 5) is 25.5. The SMILES string of the molecule is NCC(F)(F)CNC(=O)[C@H]1COCC(=O)N1Cc1ccccc1. The molecule has 1 heterocycles. The summed E-state index contributed by atoms with van der Waals surface area (Å²) >= 11 is 0. The number of ether oxygens (including phenoxy) is 1. The van der Waals surface area contributed by atoms with Crippen LogP contribution < -0.4 is 11.1 Å². The van der Waals surface area contributed by atoms with Crippen LogP contribution in [0.1, 0.15) is 5.56 Å². The van der Waals surface area contributed by atoms with Gasteiger partial charge in [0.25, 0.3) is 5.92 Å². The van der Waals surface area contributed by atoms with Gasteiger partial charge >= 0.3 is 0 Å². The van der Waals surface area contributed by atoms with E-state index in [1.54, 1.807) is 0 Å². The van der Waals surface area contributed by atoms with Gasteiger partial charge in [0.2, 0.25) is 11.8 Å². The fourth-order valence-corrected chi connectivity index (χ4v) is 2.21. The zero-order valence-electron chi connectivity index (χ0n) is 12.5. The second-order valence-corrected chi connectivity index (χ2v) is 5.32. The monoisotopic (exact) mass is 327 g/mol. The zero-order valence-corrected chi connectivity index (χ0v) is 12.5. The van der Waals surface area contributed by atoms with Crippen LogP contribution in [-0.2, 0) is 20.9 Å². The van der Waals surface area contributed by atoms with Gasteiger partial charge < -0.3 is 20.7 Å². The van der Waals surface area contributed by atoms with Crippen molar-refractivity contribution in [1.29, 1.82) is 0 Å². The lowest BCUT2D eigenvalue weighted by atomic mass is 10.1. The summed E-state index contributed by atoms with van der Waals surface area (Å²) in [6.45, 7) is -1.67. The molecule has 1 saturated heterocycles. The molecule has 0 unspecified atom stereocenters. The molecule has 1 atom stereocenters. The van der Waals surface area contributed by atoms with Crippen LogP contribution in [0.2, 0.25) is 0 Å². The van der Waals surface area contributed by atoms with Crippen LogP contribution in [0.15, 0.2) is 30.3 Å². The molecule has 8 heteroatoms. The summed E-state index contributed by atoms with van der Waals surface area (Å²) in [6.07, 6.45) is 0. The molecular weight excluding hydrogens is 308 g/mol. The lowest BCUT2D eigenvalue weighted by Gasteiger charge is -2.34. The maximum Gasteiger partial charge on any atom is 0.277 e. The van der Waals surface area contributed by atoms with Crippen molar-refractivity contribution in [2.75, 3.05) is 26.3 Å². The van der Waals surface area contributed by atoms with E-state index in [4.69, 9.17) is 10.5 Å². The third-order valence-electron chi connectivity index (χ3n) is 3.52. The van der Waals surface area contributed by atoms with E-state index in [9.17, 15) is 18.4 Å². The van der Waals surface area contributed by atoms with Crippen LogP contribution in [-0.4, -0.2) is 55.0 Å². The van der Waals surface area contributed by atoms with Crippen molar-refractivity contribution in [2.45, 2.75) is 18.5 Å². The predicted octanol–water partition coefficient (Wildman–Crippen LogP) is 0.124. The molecule has 1 aliphatic rings. The first-order chi connectivity index (χ1) is 10.9. The van der Waals surface area contributed by atoms with Crippen LogP contribution in [0.5, 0.6) is 0 Å². The third kappa shape index (κ3) is 4.70. The number of morpholine rings is 1. The Labute approximate surface area is 132 Å². The van der Waals surface area contributed by atoms with Crippen molar-refractivity contribution < 1.29 is 23.1 Å². The van der Waals surface area contributed by atoms with E-state index in [0.29, 0.717) is 0 Å². The number of hydrogen-bond acceptors (Lipinski definition) is 4. The average molecular weight is 327 g/mol. The number of alkyl halides is 2. The minimum absolute atomic E-state index is 0.0292. The molecule has 1 aromatic carbocycles. The van der Waals surface area contributed by atoms with Gasteiger partial charge in [-0.2, -0.15) is 0 Å². The Hall–Kier alpha value is -2.06. The van der Waals surface area contributed by atoms with Crippen molar-refractivity contribution in [3.8, 4) is 0 Å². The molecule has 1 aliphatic heterocycles. The summed E-state index contributed by atoms with van der Waals surface area (Å²) in [5.41, 5.74) is 5.77. The van der Waals surface area contributed by atoms with Crippen LogP contribution >= 0.6 is 0 Å². The molecule has 0 bridgehead atoms. The Morgan fingerprint density at radius 1 is 1.39 bits per heavy atom. The molecule has 126 valence electrons. The van der Waals surface area contributed by atoms with Gasteiger partial charge in [-0.25, -0.2) is 8.78 Å². The third-order valence-corrected chi connectivity index (χ3v) is 3.52. The summed E-state index contributed by atoms with van der Waals surface area (Å²) in [5.74, 6) is -4.22. The first-order valence-corrected chi connectivity index (χ1v) is 7.20. The number of carbonyl (C=O) groups excluding carboxylic acids is 2. The zero-order chi connectivity index (χ0) is 16.9. The first kappa shape index (κ1) is 17.3. The molecular formula is C15H19F2N3O3. The lowest BCUT2D eigenvalue weighted by Crippen LogP contribution is -2.57. The van der Waals surface area contributed by atoms with Crippen molar-refractivity contribution in [2.24, 2.45) is 5.73 Å². The Morgan fingerprint density at radius 2 is 2.09 bits per heavy atom. The number of halogens is 2. The van der Waals surface area contributed by atoms with Crippen LogP contribution in [0, 0.1) is 0 Å². The number of hydrogen-bond donors (Lipinski definition) is 2. The van der Waals surface area contributed by atoms with E-state index in [0.717, 1.165) is 5.56 Å². The normalized spacial score (nSPS) is 18.8. The Morgan fingerprint density at radius 3 is 2.74 bits per heavy atom. The molecule has 23 heavy (non-hydrogen) atoms. The van der Waals surface area contributed by atoms with Crippen LogP contribution in [0.25, 0.3) is 0 Å². The smallest absolute Gasteiger partial charge is 0.277 e. The fourth-order valence-electron chi connectivity index (χ4n) is 2.21. The Balaban J connectivity index is 2.04. The molecule has 0 radical (unpaired) electrons. The number of benzene rings is 1. The average Bonchev–Trinajstić information content (AvgIpc) is 2.55. The molecule has 2 amide bonds. The summed E-state index contributed by atoms with van der Waals surface area (Å²) < 4.78 is 31.4. The molecule has 0 saturated carbocycles.